The van der Waals surface area contributed by atoms with Crippen molar-refractivity contribution < 1.29 is 79.2 Å². The second-order valence-corrected chi connectivity index (χ2v) is 5.50. The molecule has 0 aliphatic heterocycles. The van der Waals surface area contributed by atoms with Crippen molar-refractivity contribution in [2.75, 3.05) is 0 Å². The maximum Gasteiger partial charge on any atom is 0.469 e. The maximum atomic E-state index is 13.5. The maximum absolute atomic E-state index is 13.5. The van der Waals surface area contributed by atoms with Crippen LogP contribution < -0.4 is 4.57 Å². The molecule has 2 nitrogen and oxygen atoms in total. The van der Waals surface area contributed by atoms with Gasteiger partial charge in [-0.1, -0.05) is 0 Å². The lowest BCUT2D eigenvalue weighted by atomic mass is 9.90. The summed E-state index contributed by atoms with van der Waals surface area (Å²) in [5.41, 5.74) is 0. The molecule has 1 N–H and O–H groups in total. The monoisotopic (exact) mass is 487 g/mol. The smallest absolute Gasteiger partial charge is 0.250 e. The zero-order valence-corrected chi connectivity index (χ0v) is 13.1. The quantitative estimate of drug-likeness (QED) is 0.402. The molecule has 0 bridgehead atoms. The molecule has 0 atom stereocenters. The molecule has 30 heavy (non-hydrogen) atoms. The van der Waals surface area contributed by atoms with Gasteiger partial charge in [-0.05, 0) is 0 Å². The van der Waals surface area contributed by atoms with E-state index in [1.165, 1.54) is 4.98 Å². The summed E-state index contributed by atoms with van der Waals surface area (Å²) in [5, 5.41) is 0. The van der Waals surface area contributed by atoms with Crippen molar-refractivity contribution in [1.82, 2.24) is 4.98 Å². The molecule has 0 fully saturated rings. The highest BCUT2D eigenvalue weighted by Gasteiger charge is 2.96. The summed E-state index contributed by atoms with van der Waals surface area (Å²) in [7, 11) is 0. The van der Waals surface area contributed by atoms with Gasteiger partial charge in [0.2, 0.25) is 6.33 Å². The molecule has 1 aromatic rings. The molecular formula is C11H4F17N2+. The first kappa shape index (κ1) is 26.1. The Morgan fingerprint density at radius 3 is 1.10 bits per heavy atom. The Morgan fingerprint density at radius 1 is 0.467 bits per heavy atom. The van der Waals surface area contributed by atoms with Crippen LogP contribution in [0.25, 0.3) is 0 Å². The number of halogens is 17. The molecule has 0 spiro atoms. The van der Waals surface area contributed by atoms with Crippen molar-refractivity contribution in [2.24, 2.45) is 0 Å². The molecule has 0 saturated carbocycles. The molecular weight excluding hydrogens is 483 g/mol. The third-order valence-electron chi connectivity index (χ3n) is 3.57. The second-order valence-electron chi connectivity index (χ2n) is 5.50. The number of alkyl halides is 17. The summed E-state index contributed by atoms with van der Waals surface area (Å²) in [6, 6.07) is -6.60. The first-order valence-electron chi connectivity index (χ1n) is 6.61. The Bertz CT molecular complexity index is 744. The van der Waals surface area contributed by atoms with Crippen LogP contribution in [0.15, 0.2) is 18.7 Å². The van der Waals surface area contributed by atoms with E-state index in [-0.39, 0.29) is 18.7 Å². The fourth-order valence-corrected chi connectivity index (χ4v) is 1.78. The number of hydrogen-bond donors (Lipinski definition) is 1. The zero-order valence-electron chi connectivity index (χ0n) is 13.1. The van der Waals surface area contributed by atoms with Gasteiger partial charge in [0, 0.05) is 0 Å². The minimum Gasteiger partial charge on any atom is -0.250 e. The highest BCUT2D eigenvalue weighted by molar-refractivity contribution is 5.13. The van der Waals surface area contributed by atoms with E-state index in [2.05, 4.69) is 0 Å². The molecule has 0 aliphatic rings. The van der Waals surface area contributed by atoms with Crippen LogP contribution in [0, 0.1) is 0 Å². The van der Waals surface area contributed by atoms with E-state index in [4.69, 9.17) is 0 Å². The predicted octanol–water partition coefficient (Wildman–Crippen LogP) is 5.23. The van der Waals surface area contributed by atoms with E-state index < -0.39 is 52.3 Å². The summed E-state index contributed by atoms with van der Waals surface area (Å²) in [6.45, 7) is 0. The van der Waals surface area contributed by atoms with Crippen LogP contribution in [0.3, 0.4) is 0 Å². The van der Waals surface area contributed by atoms with Crippen LogP contribution in [0.2, 0.25) is 0 Å². The third-order valence-corrected chi connectivity index (χ3v) is 3.57. The van der Waals surface area contributed by atoms with Gasteiger partial charge >= 0.3 is 47.8 Å². The average molecular weight is 487 g/mol. The van der Waals surface area contributed by atoms with Gasteiger partial charge in [0.15, 0.2) is 0 Å². The van der Waals surface area contributed by atoms with E-state index in [0.717, 1.165) is 0 Å². The first-order chi connectivity index (χ1) is 12.9. The lowest BCUT2D eigenvalue weighted by Gasteiger charge is -2.41. The van der Waals surface area contributed by atoms with E-state index in [0.29, 0.717) is 0 Å². The number of H-pyrrole nitrogens is 1. The summed E-state index contributed by atoms with van der Waals surface area (Å²) in [4.78, 5) is 1.51. The van der Waals surface area contributed by atoms with Gasteiger partial charge in [-0.25, -0.2) is 0 Å². The molecule has 0 aliphatic carbocycles. The second kappa shape index (κ2) is 6.51. The van der Waals surface area contributed by atoms with Crippen molar-refractivity contribution in [3.05, 3.63) is 18.7 Å². The summed E-state index contributed by atoms with van der Waals surface area (Å²) < 4.78 is 220. The highest BCUT2D eigenvalue weighted by Crippen LogP contribution is 2.63. The van der Waals surface area contributed by atoms with Gasteiger partial charge in [-0.3, -0.25) is 4.98 Å². The van der Waals surface area contributed by atoms with Crippen molar-refractivity contribution in [3.63, 3.8) is 0 Å². The van der Waals surface area contributed by atoms with Crippen molar-refractivity contribution in [3.8, 4) is 0 Å². The number of aromatic nitrogens is 2. The van der Waals surface area contributed by atoms with Crippen LogP contribution in [0.5, 0.6) is 0 Å². The van der Waals surface area contributed by atoms with Gasteiger partial charge in [-0.2, -0.15) is 79.2 Å². The minimum absolute atomic E-state index is 0.243. The summed E-state index contributed by atoms with van der Waals surface area (Å²) >= 11 is 0. The van der Waals surface area contributed by atoms with Gasteiger partial charge < -0.3 is 0 Å². The highest BCUT2D eigenvalue weighted by atomic mass is 19.4. The largest absolute Gasteiger partial charge is 0.469 e. The lowest BCUT2D eigenvalue weighted by molar-refractivity contribution is -0.849. The minimum atomic E-state index is -8.62. The van der Waals surface area contributed by atoms with Crippen LogP contribution in [0.4, 0.5) is 74.6 Å². The number of rotatable bonds is 7. The van der Waals surface area contributed by atoms with Crippen molar-refractivity contribution in [2.45, 2.75) is 47.8 Å². The molecule has 19 heteroatoms. The van der Waals surface area contributed by atoms with Crippen molar-refractivity contribution >= 4 is 0 Å². The molecule has 1 rings (SSSR count). The normalized spacial score (nSPS) is 16.2. The fourth-order valence-electron chi connectivity index (χ4n) is 1.78. The predicted molar refractivity (Wildman–Crippen MR) is 56.9 cm³/mol. The van der Waals surface area contributed by atoms with Crippen LogP contribution in [-0.2, 0) is 6.05 Å². The van der Waals surface area contributed by atoms with Gasteiger partial charge in [0.05, 0.1) is 0 Å². The van der Waals surface area contributed by atoms with Gasteiger partial charge in [0.25, 0.3) is 0 Å². The lowest BCUT2D eigenvalue weighted by Crippen LogP contribution is -2.76. The molecule has 0 unspecified atom stereocenters. The summed E-state index contributed by atoms with van der Waals surface area (Å²) in [5.74, 6) is -49.9. The molecule has 176 valence electrons. The summed E-state index contributed by atoms with van der Waals surface area (Å²) in [6.07, 6.45) is -8.04. The van der Waals surface area contributed by atoms with E-state index in [1.54, 1.807) is 0 Å². The average Bonchev–Trinajstić information content (AvgIpc) is 3.07. The van der Waals surface area contributed by atoms with E-state index in [1.807, 2.05) is 0 Å². The van der Waals surface area contributed by atoms with E-state index in [9.17, 15) is 74.6 Å². The SMILES string of the molecule is FC(F)(F)C(F)(F)C(F)(F)C(F)(F)C(F)(F)C(F)(F)C(F)(F)C(F)(F)[n+]1cc[nH]c1. The molecule has 0 aromatic carbocycles. The van der Waals surface area contributed by atoms with Crippen LogP contribution >= 0.6 is 0 Å². The van der Waals surface area contributed by atoms with E-state index >= 15 is 0 Å². The Kier molecular flexibility index (Phi) is 5.65. The first-order valence-corrected chi connectivity index (χ1v) is 6.61. The van der Waals surface area contributed by atoms with Crippen LogP contribution in [-0.4, -0.2) is 46.7 Å². The molecule has 0 amide bonds. The Morgan fingerprint density at radius 2 is 0.800 bits per heavy atom. The molecule has 1 aromatic heterocycles. The van der Waals surface area contributed by atoms with Crippen LogP contribution in [0.1, 0.15) is 0 Å². The topological polar surface area (TPSA) is 19.7 Å². The number of hydrogen-bond acceptors (Lipinski definition) is 0. The Balaban J connectivity index is 3.67. The number of imidazole rings is 1. The zero-order chi connectivity index (χ0) is 24.4. The van der Waals surface area contributed by atoms with Gasteiger partial charge in [0.1, 0.15) is 12.4 Å². The number of aromatic amines is 1. The number of nitrogens with one attached hydrogen (secondary N) is 1. The Hall–Kier alpha value is -1.98. The Labute approximate surface area is 152 Å². The molecule has 0 saturated heterocycles. The number of nitrogens with zero attached hydrogens (tertiary/aromatic N) is 1. The van der Waals surface area contributed by atoms with Gasteiger partial charge in [-0.15, -0.1) is 0 Å². The standard InChI is InChI=1S/C11H3F17N2/c12-4(13,6(16,17)8(20,21)10(24,25)26)5(14,15)7(18,19)9(22,23)11(27,28)30-2-1-29-3-30/h1-3H/p+1. The third kappa shape index (κ3) is 2.97. The molecule has 0 radical (unpaired) electrons. The fraction of sp³-hybridized carbons (Fsp3) is 0.727. The van der Waals surface area contributed by atoms with Crippen molar-refractivity contribution in [1.29, 1.82) is 0 Å². The molecule has 1 heterocycles.